The Morgan fingerprint density at radius 1 is 1.47 bits per heavy atom. The number of nitrogens with one attached hydrogen (secondary N) is 1. The van der Waals surface area contributed by atoms with Crippen molar-refractivity contribution >= 4 is 5.91 Å². The molecule has 0 radical (unpaired) electrons. The van der Waals surface area contributed by atoms with E-state index < -0.39 is 17.3 Å². The first-order chi connectivity index (χ1) is 8.85. The zero-order valence-electron chi connectivity index (χ0n) is 10.7. The Labute approximate surface area is 110 Å². The number of phenolic OH excluding ortho intramolecular Hbond substituents is 1. The molecule has 0 unspecified atom stereocenters. The van der Waals surface area contributed by atoms with Gasteiger partial charge in [0.15, 0.2) is 0 Å². The van der Waals surface area contributed by atoms with Crippen LogP contribution in [0.5, 0.6) is 5.75 Å². The van der Waals surface area contributed by atoms with Gasteiger partial charge in [-0.2, -0.15) is 0 Å². The molecule has 0 saturated heterocycles. The maximum atomic E-state index is 13.4. The average Bonchev–Trinajstić information content (AvgIpc) is 2.36. The number of rotatable bonds is 6. The van der Waals surface area contributed by atoms with E-state index in [0.29, 0.717) is 12.8 Å². The number of carbonyl (C=O) groups is 1. The van der Waals surface area contributed by atoms with E-state index in [1.807, 2.05) is 0 Å². The molecular formula is C13H18FNO4. The van der Waals surface area contributed by atoms with Crippen LogP contribution in [-0.4, -0.2) is 40.0 Å². The SMILES string of the molecule is C[C@](O)(CCCO)CNC(=O)c1cc(O)ccc1F. The van der Waals surface area contributed by atoms with Gasteiger partial charge in [0, 0.05) is 13.2 Å². The molecule has 6 heteroatoms. The van der Waals surface area contributed by atoms with Gasteiger partial charge in [0.05, 0.1) is 11.2 Å². The second kappa shape index (κ2) is 6.49. The fourth-order valence-corrected chi connectivity index (χ4v) is 1.60. The summed E-state index contributed by atoms with van der Waals surface area (Å²) in [6.45, 7) is 1.40. The summed E-state index contributed by atoms with van der Waals surface area (Å²) in [5.41, 5.74) is -1.45. The van der Waals surface area contributed by atoms with Gasteiger partial charge in [-0.05, 0) is 38.0 Å². The van der Waals surface area contributed by atoms with Gasteiger partial charge >= 0.3 is 0 Å². The highest BCUT2D eigenvalue weighted by Gasteiger charge is 2.22. The summed E-state index contributed by atoms with van der Waals surface area (Å²) in [4.78, 5) is 11.7. The molecule has 5 nitrogen and oxygen atoms in total. The molecule has 19 heavy (non-hydrogen) atoms. The predicted molar refractivity (Wildman–Crippen MR) is 67.3 cm³/mol. The molecule has 0 aliphatic carbocycles. The molecule has 1 rings (SSSR count). The van der Waals surface area contributed by atoms with Crippen molar-refractivity contribution in [2.24, 2.45) is 0 Å². The largest absolute Gasteiger partial charge is 0.508 e. The molecule has 0 saturated carbocycles. The number of aliphatic hydroxyl groups excluding tert-OH is 1. The number of benzene rings is 1. The highest BCUT2D eigenvalue weighted by atomic mass is 19.1. The highest BCUT2D eigenvalue weighted by molar-refractivity contribution is 5.94. The van der Waals surface area contributed by atoms with Crippen LogP contribution in [0.3, 0.4) is 0 Å². The molecule has 0 aliphatic rings. The molecule has 106 valence electrons. The van der Waals surface area contributed by atoms with Crippen molar-refractivity contribution in [1.82, 2.24) is 5.32 Å². The monoisotopic (exact) mass is 271 g/mol. The highest BCUT2D eigenvalue weighted by Crippen LogP contribution is 2.16. The van der Waals surface area contributed by atoms with E-state index in [9.17, 15) is 19.4 Å². The van der Waals surface area contributed by atoms with Crippen LogP contribution in [-0.2, 0) is 0 Å². The van der Waals surface area contributed by atoms with Crippen LogP contribution >= 0.6 is 0 Å². The Morgan fingerprint density at radius 3 is 2.79 bits per heavy atom. The Hall–Kier alpha value is -1.66. The fraction of sp³-hybridized carbons (Fsp3) is 0.462. The topological polar surface area (TPSA) is 89.8 Å². The van der Waals surface area contributed by atoms with Crippen molar-refractivity contribution in [3.05, 3.63) is 29.6 Å². The van der Waals surface area contributed by atoms with Gasteiger partial charge < -0.3 is 20.6 Å². The number of hydrogen-bond donors (Lipinski definition) is 4. The molecular weight excluding hydrogens is 253 g/mol. The molecule has 0 bridgehead atoms. The van der Waals surface area contributed by atoms with Crippen LogP contribution in [0.1, 0.15) is 30.1 Å². The molecule has 0 aliphatic heterocycles. The van der Waals surface area contributed by atoms with Crippen molar-refractivity contribution in [2.75, 3.05) is 13.2 Å². The zero-order chi connectivity index (χ0) is 14.5. The smallest absolute Gasteiger partial charge is 0.254 e. The second-order valence-electron chi connectivity index (χ2n) is 4.67. The normalized spacial score (nSPS) is 13.9. The van der Waals surface area contributed by atoms with E-state index in [0.717, 1.165) is 18.2 Å². The van der Waals surface area contributed by atoms with Crippen molar-refractivity contribution < 1.29 is 24.5 Å². The van der Waals surface area contributed by atoms with Gasteiger partial charge in [-0.3, -0.25) is 4.79 Å². The summed E-state index contributed by atoms with van der Waals surface area (Å²) in [7, 11) is 0. The van der Waals surface area contributed by atoms with Gasteiger partial charge in [0.25, 0.3) is 5.91 Å². The van der Waals surface area contributed by atoms with E-state index in [4.69, 9.17) is 5.11 Å². The third kappa shape index (κ3) is 4.84. The number of aliphatic hydroxyl groups is 2. The van der Waals surface area contributed by atoms with Gasteiger partial charge in [0.2, 0.25) is 0 Å². The Bertz CT molecular complexity index is 448. The lowest BCUT2D eigenvalue weighted by Gasteiger charge is -2.23. The third-order valence-electron chi connectivity index (χ3n) is 2.70. The van der Waals surface area contributed by atoms with Crippen LogP contribution in [0.2, 0.25) is 0 Å². The minimum Gasteiger partial charge on any atom is -0.508 e. The first-order valence-corrected chi connectivity index (χ1v) is 5.96. The maximum Gasteiger partial charge on any atom is 0.254 e. The molecule has 0 spiro atoms. The molecule has 1 amide bonds. The molecule has 0 aromatic heterocycles. The molecule has 1 aromatic rings. The first-order valence-electron chi connectivity index (χ1n) is 5.96. The van der Waals surface area contributed by atoms with E-state index in [1.165, 1.54) is 6.92 Å². The number of hydrogen-bond acceptors (Lipinski definition) is 4. The number of phenols is 1. The lowest BCUT2D eigenvalue weighted by molar-refractivity contribution is 0.0414. The summed E-state index contributed by atoms with van der Waals surface area (Å²) >= 11 is 0. The van der Waals surface area contributed by atoms with Gasteiger partial charge in [-0.25, -0.2) is 4.39 Å². The summed E-state index contributed by atoms with van der Waals surface area (Å²) < 4.78 is 13.4. The number of carbonyl (C=O) groups excluding carboxylic acids is 1. The summed E-state index contributed by atoms with van der Waals surface area (Å²) in [5, 5.41) is 30.2. The quantitative estimate of drug-likeness (QED) is 0.615. The van der Waals surface area contributed by atoms with Crippen LogP contribution in [0.4, 0.5) is 4.39 Å². The molecule has 4 N–H and O–H groups in total. The Balaban J connectivity index is 2.62. The minimum atomic E-state index is -1.17. The van der Waals surface area contributed by atoms with E-state index in [-0.39, 0.29) is 24.5 Å². The van der Waals surface area contributed by atoms with Gasteiger partial charge in [-0.15, -0.1) is 0 Å². The molecule has 1 atom stereocenters. The first kappa shape index (κ1) is 15.4. The number of halogens is 1. The van der Waals surface area contributed by atoms with Gasteiger partial charge in [0.1, 0.15) is 11.6 Å². The van der Waals surface area contributed by atoms with Crippen LogP contribution < -0.4 is 5.32 Å². The summed E-state index contributed by atoms with van der Waals surface area (Å²) in [6, 6.07) is 3.16. The van der Waals surface area contributed by atoms with Crippen molar-refractivity contribution in [1.29, 1.82) is 0 Å². The van der Waals surface area contributed by atoms with Crippen LogP contribution in [0.25, 0.3) is 0 Å². The number of aromatic hydroxyl groups is 1. The van der Waals surface area contributed by atoms with Crippen molar-refractivity contribution in [3.8, 4) is 5.75 Å². The third-order valence-corrected chi connectivity index (χ3v) is 2.70. The van der Waals surface area contributed by atoms with Gasteiger partial charge in [-0.1, -0.05) is 0 Å². The van der Waals surface area contributed by atoms with Crippen molar-refractivity contribution in [3.63, 3.8) is 0 Å². The van der Waals surface area contributed by atoms with Crippen molar-refractivity contribution in [2.45, 2.75) is 25.4 Å². The molecule has 0 heterocycles. The van der Waals surface area contributed by atoms with E-state index >= 15 is 0 Å². The zero-order valence-corrected chi connectivity index (χ0v) is 10.7. The van der Waals surface area contributed by atoms with Crippen LogP contribution in [0.15, 0.2) is 18.2 Å². The Morgan fingerprint density at radius 2 is 2.16 bits per heavy atom. The molecule has 1 aromatic carbocycles. The lowest BCUT2D eigenvalue weighted by Crippen LogP contribution is -2.41. The fourth-order valence-electron chi connectivity index (χ4n) is 1.60. The summed E-state index contributed by atoms with van der Waals surface area (Å²) in [5.74, 6) is -1.67. The van der Waals surface area contributed by atoms with Crippen LogP contribution in [0, 0.1) is 5.82 Å². The van der Waals surface area contributed by atoms with E-state index in [2.05, 4.69) is 5.32 Å². The van der Waals surface area contributed by atoms with E-state index in [1.54, 1.807) is 0 Å². The molecule has 0 fully saturated rings. The standard InChI is InChI=1S/C13H18FNO4/c1-13(19,5-2-6-16)8-15-12(18)10-7-9(17)3-4-11(10)14/h3-4,7,16-17,19H,2,5-6,8H2,1H3,(H,15,18)/t13-/m0/s1. The minimum absolute atomic E-state index is 0.0503. The summed E-state index contributed by atoms with van der Waals surface area (Å²) in [6.07, 6.45) is 0.718. The second-order valence-corrected chi connectivity index (χ2v) is 4.67. The number of amides is 1. The maximum absolute atomic E-state index is 13.4. The average molecular weight is 271 g/mol. The lowest BCUT2D eigenvalue weighted by atomic mass is 10.0. The Kier molecular flexibility index (Phi) is 5.26. The predicted octanol–water partition coefficient (Wildman–Crippen LogP) is 0.785.